The zero-order valence-electron chi connectivity index (χ0n) is 10.5. The Kier molecular flexibility index (Phi) is 4.06. The second-order valence-corrected chi connectivity index (χ2v) is 3.96. The van der Waals surface area contributed by atoms with Gasteiger partial charge in [-0.25, -0.2) is 4.98 Å². The van der Waals surface area contributed by atoms with Crippen molar-refractivity contribution in [3.63, 3.8) is 0 Å². The average Bonchev–Trinajstić information content (AvgIpc) is 2.43. The van der Waals surface area contributed by atoms with Crippen LogP contribution in [0.5, 0.6) is 0 Å². The van der Waals surface area contributed by atoms with Gasteiger partial charge in [0.25, 0.3) is 11.2 Å². The lowest BCUT2D eigenvalue weighted by molar-refractivity contribution is -0.383. The second kappa shape index (κ2) is 5.93. The number of aromatic nitrogens is 2. The van der Waals surface area contributed by atoms with Gasteiger partial charge in [0.15, 0.2) is 0 Å². The number of H-pyrrole nitrogens is 1. The van der Waals surface area contributed by atoms with E-state index in [0.717, 1.165) is 0 Å². The molecule has 1 aromatic carbocycles. The Balaban J connectivity index is 2.46. The minimum absolute atomic E-state index is 0.169. The Morgan fingerprint density at radius 1 is 1.45 bits per heavy atom. The number of nitrogens with one attached hydrogen (secondary N) is 2. The first kappa shape index (κ1) is 13.7. The normalized spacial score (nSPS) is 11.1. The van der Waals surface area contributed by atoms with E-state index in [0.29, 0.717) is 24.3 Å². The molecule has 0 fully saturated rings. The Labute approximate surface area is 113 Å². The van der Waals surface area contributed by atoms with Gasteiger partial charge in [-0.05, 0) is 6.07 Å². The van der Waals surface area contributed by atoms with Crippen LogP contribution in [-0.2, 0) is 0 Å². The third-order valence-corrected chi connectivity index (χ3v) is 2.67. The quantitative estimate of drug-likeness (QED) is 0.420. The van der Waals surface area contributed by atoms with E-state index >= 15 is 0 Å². The molecule has 8 nitrogen and oxygen atoms in total. The maximum Gasteiger partial charge on any atom is 0.293 e. The zero-order chi connectivity index (χ0) is 14.5. The lowest BCUT2D eigenvalue weighted by Crippen LogP contribution is -2.09. The van der Waals surface area contributed by atoms with Gasteiger partial charge in [-0.1, -0.05) is 12.2 Å². The third-order valence-electron chi connectivity index (χ3n) is 2.67. The Bertz CT molecular complexity index is 723. The van der Waals surface area contributed by atoms with Crippen LogP contribution in [0, 0.1) is 10.1 Å². The molecule has 104 valence electrons. The van der Waals surface area contributed by atoms with Crippen LogP contribution in [0.3, 0.4) is 0 Å². The molecular weight excluding hydrogens is 262 g/mol. The van der Waals surface area contributed by atoms with Crippen LogP contribution in [0.15, 0.2) is 35.4 Å². The summed E-state index contributed by atoms with van der Waals surface area (Å²) in [6.07, 6.45) is 4.76. The predicted octanol–water partition coefficient (Wildman–Crippen LogP) is 0.758. The number of nitro benzene ring substituents is 1. The summed E-state index contributed by atoms with van der Waals surface area (Å²) in [5, 5.41) is 14.1. The van der Waals surface area contributed by atoms with E-state index in [2.05, 4.69) is 15.3 Å². The summed E-state index contributed by atoms with van der Waals surface area (Å²) in [5.41, 5.74) is 5.43. The molecule has 20 heavy (non-hydrogen) atoms. The number of benzene rings is 1. The molecule has 1 heterocycles. The molecule has 0 amide bonds. The Morgan fingerprint density at radius 2 is 2.25 bits per heavy atom. The Hall–Kier alpha value is -2.74. The summed E-state index contributed by atoms with van der Waals surface area (Å²) in [4.78, 5) is 28.5. The maximum absolute atomic E-state index is 11.6. The molecule has 0 radical (unpaired) electrons. The number of nitrogens with two attached hydrogens (primary N) is 1. The SMILES string of the molecule is NC/C=C/CNc1cc2nc[nH]c(=O)c2cc1[N+](=O)[O-]. The van der Waals surface area contributed by atoms with Crippen LogP contribution in [-0.4, -0.2) is 28.0 Å². The average molecular weight is 275 g/mol. The van der Waals surface area contributed by atoms with Gasteiger partial charge in [0.05, 0.1) is 22.2 Å². The highest BCUT2D eigenvalue weighted by Gasteiger charge is 2.16. The monoisotopic (exact) mass is 275 g/mol. The zero-order valence-corrected chi connectivity index (χ0v) is 10.5. The van der Waals surface area contributed by atoms with Crippen molar-refractivity contribution in [1.29, 1.82) is 0 Å². The summed E-state index contributed by atoms with van der Waals surface area (Å²) in [6, 6.07) is 2.70. The van der Waals surface area contributed by atoms with Crippen LogP contribution in [0.2, 0.25) is 0 Å². The van der Waals surface area contributed by atoms with Crippen molar-refractivity contribution in [2.24, 2.45) is 5.73 Å². The van der Waals surface area contributed by atoms with Crippen molar-refractivity contribution < 1.29 is 4.92 Å². The van der Waals surface area contributed by atoms with E-state index in [4.69, 9.17) is 5.73 Å². The van der Waals surface area contributed by atoms with Crippen molar-refractivity contribution in [3.05, 3.63) is 51.1 Å². The lowest BCUT2D eigenvalue weighted by atomic mass is 10.2. The van der Waals surface area contributed by atoms with Gasteiger partial charge in [0, 0.05) is 19.2 Å². The molecule has 0 saturated heterocycles. The highest BCUT2D eigenvalue weighted by Crippen LogP contribution is 2.27. The van der Waals surface area contributed by atoms with Gasteiger partial charge in [-0.2, -0.15) is 0 Å². The van der Waals surface area contributed by atoms with Crippen molar-refractivity contribution in [3.8, 4) is 0 Å². The number of nitro groups is 1. The largest absolute Gasteiger partial charge is 0.376 e. The molecule has 2 rings (SSSR count). The fourth-order valence-corrected chi connectivity index (χ4v) is 1.74. The minimum Gasteiger partial charge on any atom is -0.376 e. The highest BCUT2D eigenvalue weighted by molar-refractivity contribution is 5.86. The summed E-state index contributed by atoms with van der Waals surface area (Å²) < 4.78 is 0. The number of aromatic amines is 1. The van der Waals surface area contributed by atoms with E-state index in [-0.39, 0.29) is 11.1 Å². The summed E-state index contributed by atoms with van der Waals surface area (Å²) in [5.74, 6) is 0. The van der Waals surface area contributed by atoms with E-state index in [1.807, 2.05) is 0 Å². The number of anilines is 1. The first-order valence-corrected chi connectivity index (χ1v) is 5.88. The molecule has 0 aliphatic rings. The fraction of sp³-hybridized carbons (Fsp3) is 0.167. The van der Waals surface area contributed by atoms with Gasteiger partial charge in [0.2, 0.25) is 0 Å². The summed E-state index contributed by atoms with van der Waals surface area (Å²) in [6.45, 7) is 0.797. The molecule has 1 aromatic heterocycles. The number of hydrogen-bond acceptors (Lipinski definition) is 6. The number of nitrogens with zero attached hydrogens (tertiary/aromatic N) is 2. The van der Waals surface area contributed by atoms with Crippen molar-refractivity contribution >= 4 is 22.3 Å². The lowest BCUT2D eigenvalue weighted by Gasteiger charge is -2.06. The van der Waals surface area contributed by atoms with Crippen LogP contribution in [0.25, 0.3) is 10.9 Å². The third kappa shape index (κ3) is 2.81. The molecule has 0 aliphatic carbocycles. The van der Waals surface area contributed by atoms with Gasteiger partial charge in [-0.3, -0.25) is 14.9 Å². The smallest absolute Gasteiger partial charge is 0.293 e. The first-order chi connectivity index (χ1) is 9.63. The number of hydrogen-bond donors (Lipinski definition) is 3. The molecule has 8 heteroatoms. The van der Waals surface area contributed by atoms with E-state index in [1.54, 1.807) is 12.2 Å². The molecule has 2 aromatic rings. The highest BCUT2D eigenvalue weighted by atomic mass is 16.6. The van der Waals surface area contributed by atoms with Gasteiger partial charge < -0.3 is 16.0 Å². The van der Waals surface area contributed by atoms with Crippen LogP contribution in [0.4, 0.5) is 11.4 Å². The van der Waals surface area contributed by atoms with E-state index in [1.165, 1.54) is 18.5 Å². The predicted molar refractivity (Wildman–Crippen MR) is 75.7 cm³/mol. The van der Waals surface area contributed by atoms with Crippen molar-refractivity contribution in [2.75, 3.05) is 18.4 Å². The molecule has 4 N–H and O–H groups in total. The van der Waals surface area contributed by atoms with Gasteiger partial charge in [-0.15, -0.1) is 0 Å². The Morgan fingerprint density at radius 3 is 2.95 bits per heavy atom. The summed E-state index contributed by atoms with van der Waals surface area (Å²) in [7, 11) is 0. The van der Waals surface area contributed by atoms with E-state index in [9.17, 15) is 14.9 Å². The second-order valence-electron chi connectivity index (χ2n) is 3.96. The topological polar surface area (TPSA) is 127 Å². The minimum atomic E-state index is -0.541. The first-order valence-electron chi connectivity index (χ1n) is 5.88. The van der Waals surface area contributed by atoms with Gasteiger partial charge >= 0.3 is 0 Å². The fourth-order valence-electron chi connectivity index (χ4n) is 1.74. The van der Waals surface area contributed by atoms with Crippen molar-refractivity contribution in [1.82, 2.24) is 9.97 Å². The molecule has 0 saturated carbocycles. The maximum atomic E-state index is 11.6. The molecule has 0 spiro atoms. The molecule has 0 aliphatic heterocycles. The van der Waals surface area contributed by atoms with Crippen molar-refractivity contribution in [2.45, 2.75) is 0 Å². The molecular formula is C12H13N5O3. The van der Waals surface area contributed by atoms with Crippen LogP contribution < -0.4 is 16.6 Å². The molecule has 0 atom stereocenters. The van der Waals surface area contributed by atoms with E-state index < -0.39 is 10.5 Å². The van der Waals surface area contributed by atoms with Crippen LogP contribution >= 0.6 is 0 Å². The standard InChI is InChI=1S/C12H13N5O3/c13-3-1-2-4-14-10-6-9-8(5-11(10)17(19)20)12(18)16-7-15-9/h1-2,5-7,14H,3-4,13H2,(H,15,16,18)/b2-1+. The number of fused-ring (bicyclic) bond motifs is 1. The van der Waals surface area contributed by atoms with Gasteiger partial charge in [0.1, 0.15) is 5.69 Å². The van der Waals surface area contributed by atoms with Crippen LogP contribution in [0.1, 0.15) is 0 Å². The number of rotatable bonds is 5. The summed E-state index contributed by atoms with van der Waals surface area (Å²) >= 11 is 0. The molecule has 0 bridgehead atoms. The molecule has 0 unspecified atom stereocenters.